The van der Waals surface area contributed by atoms with Crippen LogP contribution in [-0.2, 0) is 33.7 Å². The van der Waals surface area contributed by atoms with Gasteiger partial charge in [0.05, 0.1) is 18.1 Å². The summed E-state index contributed by atoms with van der Waals surface area (Å²) in [6.45, 7) is 8.52. The first-order valence-corrected chi connectivity index (χ1v) is 13.7. The molecular weight excluding hydrogens is 488 g/mol. The van der Waals surface area contributed by atoms with Gasteiger partial charge in [-0.2, -0.15) is 0 Å². The molecule has 2 unspecified atom stereocenters. The number of ether oxygens (including phenoxy) is 2. The fourth-order valence-electron chi connectivity index (χ4n) is 4.09. The van der Waals surface area contributed by atoms with Crippen LogP contribution in [0.1, 0.15) is 25.0 Å². The van der Waals surface area contributed by atoms with Crippen LogP contribution in [0.3, 0.4) is 0 Å². The minimum absolute atomic E-state index is 0.178. The van der Waals surface area contributed by atoms with E-state index in [-0.39, 0.29) is 5.92 Å². The van der Waals surface area contributed by atoms with E-state index in [2.05, 4.69) is 21.8 Å². The van der Waals surface area contributed by atoms with Gasteiger partial charge < -0.3 is 14.6 Å². The van der Waals surface area contributed by atoms with Crippen molar-refractivity contribution in [3.63, 3.8) is 0 Å². The highest BCUT2D eigenvalue weighted by molar-refractivity contribution is 7.83. The van der Waals surface area contributed by atoms with Gasteiger partial charge in [0.2, 0.25) is 0 Å². The Balaban J connectivity index is 1.29. The standard InChI is InChI=1S/C29H34N2O5S/c1-21(2)28(29(32)33)30-37(34)27-13-9-25(10-14-27)24-7-3-23(4-8-24)20-36-26-11-5-22(6-12-26)19-31-15-17-35-18-16-31/h3-14,21,28,30H,15-20H2,1-2H3,(H,32,33). The quantitative estimate of drug-likeness (QED) is 0.386. The first-order chi connectivity index (χ1) is 17.9. The molecule has 0 bridgehead atoms. The van der Waals surface area contributed by atoms with E-state index in [4.69, 9.17) is 9.47 Å². The molecule has 4 rings (SSSR count). The van der Waals surface area contributed by atoms with Gasteiger partial charge in [-0.1, -0.05) is 62.4 Å². The minimum atomic E-state index is -1.60. The summed E-state index contributed by atoms with van der Waals surface area (Å²) < 4.78 is 26.7. The molecule has 0 spiro atoms. The molecule has 0 radical (unpaired) electrons. The molecule has 37 heavy (non-hydrogen) atoms. The average molecular weight is 523 g/mol. The zero-order valence-electron chi connectivity index (χ0n) is 21.3. The summed E-state index contributed by atoms with van der Waals surface area (Å²) in [4.78, 5) is 14.3. The Labute approximate surface area is 221 Å². The second-order valence-electron chi connectivity index (χ2n) is 9.49. The second-order valence-corrected chi connectivity index (χ2v) is 10.7. The summed E-state index contributed by atoms with van der Waals surface area (Å²) in [5.74, 6) is -0.345. The zero-order chi connectivity index (χ0) is 26.2. The number of nitrogens with one attached hydrogen (secondary N) is 1. The van der Waals surface area contributed by atoms with Gasteiger partial charge in [-0.15, -0.1) is 0 Å². The summed E-state index contributed by atoms with van der Waals surface area (Å²) in [5, 5.41) is 9.31. The molecule has 1 saturated heterocycles. The Morgan fingerprint density at radius 3 is 2.08 bits per heavy atom. The maximum atomic E-state index is 12.6. The van der Waals surface area contributed by atoms with E-state index >= 15 is 0 Å². The maximum Gasteiger partial charge on any atom is 0.321 e. The molecule has 3 aromatic rings. The molecule has 196 valence electrons. The Hall–Kier alpha value is -3.04. The number of carboxylic acids is 1. The highest BCUT2D eigenvalue weighted by Gasteiger charge is 2.23. The van der Waals surface area contributed by atoms with Crippen LogP contribution in [-0.4, -0.2) is 52.5 Å². The van der Waals surface area contributed by atoms with Crippen molar-refractivity contribution >= 4 is 17.0 Å². The number of carbonyl (C=O) groups is 1. The number of benzene rings is 3. The van der Waals surface area contributed by atoms with Crippen molar-refractivity contribution in [2.45, 2.75) is 37.9 Å². The van der Waals surface area contributed by atoms with Crippen LogP contribution in [0, 0.1) is 5.92 Å². The first-order valence-electron chi connectivity index (χ1n) is 12.5. The third kappa shape index (κ3) is 7.72. The van der Waals surface area contributed by atoms with Crippen LogP contribution < -0.4 is 9.46 Å². The van der Waals surface area contributed by atoms with Crippen molar-refractivity contribution in [3.05, 3.63) is 83.9 Å². The van der Waals surface area contributed by atoms with Crippen molar-refractivity contribution in [2.75, 3.05) is 26.3 Å². The fraction of sp³-hybridized carbons (Fsp3) is 0.345. The molecule has 2 atom stereocenters. The molecule has 1 fully saturated rings. The predicted octanol–water partition coefficient (Wildman–Crippen LogP) is 4.49. The van der Waals surface area contributed by atoms with E-state index in [1.54, 1.807) is 26.0 Å². The summed E-state index contributed by atoms with van der Waals surface area (Å²) in [5.41, 5.74) is 4.36. The third-order valence-electron chi connectivity index (χ3n) is 6.36. The van der Waals surface area contributed by atoms with Crippen molar-refractivity contribution in [3.8, 4) is 16.9 Å². The van der Waals surface area contributed by atoms with E-state index in [1.165, 1.54) is 5.56 Å². The van der Waals surface area contributed by atoms with Gasteiger partial charge in [-0.05, 0) is 52.4 Å². The SMILES string of the molecule is CC(C)C(NS(=O)c1ccc(-c2ccc(COc3ccc(CN4CCOCC4)cc3)cc2)cc1)C(=O)O. The normalized spacial score (nSPS) is 15.9. The van der Waals surface area contributed by atoms with Crippen molar-refractivity contribution < 1.29 is 23.6 Å². The molecule has 3 aromatic carbocycles. The smallest absolute Gasteiger partial charge is 0.321 e. The molecule has 0 aliphatic carbocycles. The van der Waals surface area contributed by atoms with Crippen molar-refractivity contribution in [1.82, 2.24) is 9.62 Å². The van der Waals surface area contributed by atoms with E-state index < -0.39 is 23.0 Å². The van der Waals surface area contributed by atoms with Crippen LogP contribution in [0.5, 0.6) is 5.75 Å². The predicted molar refractivity (Wildman–Crippen MR) is 145 cm³/mol. The van der Waals surface area contributed by atoms with E-state index in [1.807, 2.05) is 48.5 Å². The van der Waals surface area contributed by atoms with Gasteiger partial charge in [-0.25, -0.2) is 8.93 Å². The van der Waals surface area contributed by atoms with Gasteiger partial charge in [0.15, 0.2) is 0 Å². The summed E-state index contributed by atoms with van der Waals surface area (Å²) in [7, 11) is -1.60. The van der Waals surface area contributed by atoms with Crippen LogP contribution >= 0.6 is 0 Å². The van der Waals surface area contributed by atoms with Gasteiger partial charge >= 0.3 is 5.97 Å². The van der Waals surface area contributed by atoms with Crippen LogP contribution in [0.25, 0.3) is 11.1 Å². The molecule has 0 amide bonds. The summed E-state index contributed by atoms with van der Waals surface area (Å²) >= 11 is 0. The van der Waals surface area contributed by atoms with Crippen LogP contribution in [0.15, 0.2) is 77.7 Å². The molecule has 1 aliphatic heterocycles. The van der Waals surface area contributed by atoms with Crippen molar-refractivity contribution in [1.29, 1.82) is 0 Å². The molecule has 0 saturated carbocycles. The van der Waals surface area contributed by atoms with Crippen LogP contribution in [0.2, 0.25) is 0 Å². The third-order valence-corrected chi connectivity index (χ3v) is 7.53. The first kappa shape index (κ1) is 27.0. The average Bonchev–Trinajstić information content (AvgIpc) is 2.92. The van der Waals surface area contributed by atoms with Gasteiger partial charge in [0, 0.05) is 19.6 Å². The molecule has 8 heteroatoms. The van der Waals surface area contributed by atoms with Crippen molar-refractivity contribution in [2.24, 2.45) is 5.92 Å². The van der Waals surface area contributed by atoms with E-state index in [0.29, 0.717) is 11.5 Å². The number of carboxylic acid groups (broad SMARTS) is 1. The molecule has 2 N–H and O–H groups in total. The van der Waals surface area contributed by atoms with Crippen LogP contribution in [0.4, 0.5) is 0 Å². The molecule has 0 aromatic heterocycles. The Morgan fingerprint density at radius 1 is 0.946 bits per heavy atom. The lowest BCUT2D eigenvalue weighted by atomic mass is 10.0. The summed E-state index contributed by atoms with van der Waals surface area (Å²) in [6, 6.07) is 22.9. The minimum Gasteiger partial charge on any atom is -0.489 e. The Kier molecular flexibility index (Phi) is 9.46. The lowest BCUT2D eigenvalue weighted by molar-refractivity contribution is -0.140. The largest absolute Gasteiger partial charge is 0.489 e. The summed E-state index contributed by atoms with van der Waals surface area (Å²) in [6.07, 6.45) is 0. The number of rotatable bonds is 11. The molecule has 1 aliphatic rings. The number of hydrogen-bond acceptors (Lipinski definition) is 5. The lowest BCUT2D eigenvalue weighted by Crippen LogP contribution is -2.41. The topological polar surface area (TPSA) is 88.1 Å². The fourth-order valence-corrected chi connectivity index (χ4v) is 5.22. The number of hydrogen-bond donors (Lipinski definition) is 2. The molecule has 1 heterocycles. The van der Waals surface area contributed by atoms with Gasteiger partial charge in [0.1, 0.15) is 29.4 Å². The van der Waals surface area contributed by atoms with Gasteiger partial charge in [0.25, 0.3) is 0 Å². The Bertz CT molecular complexity index is 1170. The lowest BCUT2D eigenvalue weighted by Gasteiger charge is -2.26. The van der Waals surface area contributed by atoms with E-state index in [9.17, 15) is 14.1 Å². The maximum absolute atomic E-state index is 12.6. The zero-order valence-corrected chi connectivity index (χ0v) is 22.1. The highest BCUT2D eigenvalue weighted by Crippen LogP contribution is 2.22. The Morgan fingerprint density at radius 2 is 1.51 bits per heavy atom. The number of nitrogens with zero attached hydrogens (tertiary/aromatic N) is 1. The number of morpholine rings is 1. The van der Waals surface area contributed by atoms with E-state index in [0.717, 1.165) is 55.3 Å². The molecule has 7 nitrogen and oxygen atoms in total. The highest BCUT2D eigenvalue weighted by atomic mass is 32.2. The van der Waals surface area contributed by atoms with Gasteiger partial charge in [-0.3, -0.25) is 9.69 Å². The second kappa shape index (κ2) is 13.0. The number of aliphatic carboxylic acids is 1. The monoisotopic (exact) mass is 522 g/mol. The molecular formula is C29H34N2O5S.